The maximum atomic E-state index is 13.5. The first kappa shape index (κ1) is 17.4. The third-order valence-electron chi connectivity index (χ3n) is 3.05. The molecule has 0 N–H and O–H groups in total. The second-order valence-electron chi connectivity index (χ2n) is 5.52. The quantitative estimate of drug-likeness (QED) is 0.391. The van der Waals surface area contributed by atoms with Crippen molar-refractivity contribution in [1.82, 2.24) is 0 Å². The van der Waals surface area contributed by atoms with E-state index in [0.717, 1.165) is 12.1 Å². The van der Waals surface area contributed by atoms with Crippen LogP contribution in [-0.4, -0.2) is 16.9 Å². The van der Waals surface area contributed by atoms with E-state index >= 15 is 0 Å². The zero-order valence-electron chi connectivity index (χ0n) is 11.5. The van der Waals surface area contributed by atoms with Crippen molar-refractivity contribution in [2.24, 2.45) is 11.3 Å². The summed E-state index contributed by atoms with van der Waals surface area (Å²) in [5.41, 5.74) is -0.271. The van der Waals surface area contributed by atoms with Crippen LogP contribution in [0.4, 0.5) is 10.1 Å². The average Bonchev–Trinajstić information content (AvgIpc) is 2.31. The molecule has 112 valence electrons. The molecule has 0 heterocycles. The molecule has 1 aromatic carbocycles. The molecule has 4 nitrogen and oxygen atoms in total. The predicted octanol–water partition coefficient (Wildman–Crippen LogP) is 4.93. The van der Waals surface area contributed by atoms with Crippen LogP contribution >= 0.6 is 31.9 Å². The van der Waals surface area contributed by atoms with E-state index in [1.54, 1.807) is 0 Å². The molecule has 0 amide bonds. The van der Waals surface area contributed by atoms with Crippen molar-refractivity contribution in [1.29, 1.82) is 0 Å². The Kier molecular flexibility index (Phi) is 5.94. The molecule has 1 rings (SSSR count). The molecule has 0 bridgehead atoms. The number of ether oxygens (including phenoxy) is 1. The molecule has 0 radical (unpaired) electrons. The molecule has 1 atom stereocenters. The van der Waals surface area contributed by atoms with Crippen molar-refractivity contribution in [2.45, 2.75) is 20.8 Å². The van der Waals surface area contributed by atoms with E-state index in [-0.39, 0.29) is 33.8 Å². The minimum absolute atomic E-state index is 0.0216. The summed E-state index contributed by atoms with van der Waals surface area (Å²) in [5.74, 6) is -0.489. The summed E-state index contributed by atoms with van der Waals surface area (Å²) in [7, 11) is 0. The van der Waals surface area contributed by atoms with Gasteiger partial charge in [0.25, 0.3) is 0 Å². The van der Waals surface area contributed by atoms with Crippen LogP contribution < -0.4 is 4.74 Å². The van der Waals surface area contributed by atoms with Gasteiger partial charge in [0.2, 0.25) is 0 Å². The number of rotatable bonds is 5. The number of halogens is 3. The van der Waals surface area contributed by atoms with Crippen molar-refractivity contribution < 1.29 is 14.1 Å². The number of nitro benzene ring substituents is 1. The fraction of sp³-hybridized carbons (Fsp3) is 0.538. The maximum Gasteiger partial charge on any atom is 0.312 e. The van der Waals surface area contributed by atoms with Gasteiger partial charge in [0, 0.05) is 23.4 Å². The lowest BCUT2D eigenvalue weighted by atomic mass is 9.83. The minimum atomic E-state index is -0.586. The van der Waals surface area contributed by atoms with Gasteiger partial charge in [-0.3, -0.25) is 10.1 Å². The third kappa shape index (κ3) is 4.41. The number of hydrogen-bond donors (Lipinski definition) is 0. The zero-order chi connectivity index (χ0) is 15.5. The van der Waals surface area contributed by atoms with Crippen LogP contribution in [-0.2, 0) is 0 Å². The van der Waals surface area contributed by atoms with Crippen LogP contribution in [0.15, 0.2) is 16.6 Å². The van der Waals surface area contributed by atoms with Gasteiger partial charge in [-0.15, -0.1) is 0 Å². The van der Waals surface area contributed by atoms with Gasteiger partial charge in [0.1, 0.15) is 5.82 Å². The van der Waals surface area contributed by atoms with E-state index in [2.05, 4.69) is 52.6 Å². The Morgan fingerprint density at radius 3 is 2.50 bits per heavy atom. The summed E-state index contributed by atoms with van der Waals surface area (Å²) < 4.78 is 19.0. The molecule has 0 aromatic heterocycles. The fourth-order valence-electron chi connectivity index (χ4n) is 1.49. The highest BCUT2D eigenvalue weighted by molar-refractivity contribution is 9.10. The summed E-state index contributed by atoms with van der Waals surface area (Å²) in [6.45, 7) is 6.44. The molecule has 1 unspecified atom stereocenters. The second kappa shape index (κ2) is 6.85. The SMILES string of the molecule is CC(C)(C)C(CBr)COc1cc(F)c(Br)cc1[N+](=O)[O-]. The molecule has 0 spiro atoms. The van der Waals surface area contributed by atoms with Crippen LogP contribution in [0.2, 0.25) is 0 Å². The lowest BCUT2D eigenvalue weighted by molar-refractivity contribution is -0.386. The topological polar surface area (TPSA) is 52.4 Å². The lowest BCUT2D eigenvalue weighted by Gasteiger charge is -2.28. The Labute approximate surface area is 134 Å². The Morgan fingerprint density at radius 2 is 2.05 bits per heavy atom. The number of benzene rings is 1. The lowest BCUT2D eigenvalue weighted by Crippen LogP contribution is -2.28. The first-order valence-electron chi connectivity index (χ1n) is 5.99. The van der Waals surface area contributed by atoms with E-state index in [1.165, 1.54) is 0 Å². The van der Waals surface area contributed by atoms with Crippen LogP contribution in [0.3, 0.4) is 0 Å². The van der Waals surface area contributed by atoms with Crippen molar-refractivity contribution in [3.63, 3.8) is 0 Å². The van der Waals surface area contributed by atoms with Crippen LogP contribution in [0.1, 0.15) is 20.8 Å². The van der Waals surface area contributed by atoms with Gasteiger partial charge >= 0.3 is 5.69 Å². The van der Waals surface area contributed by atoms with E-state index in [0.29, 0.717) is 5.33 Å². The van der Waals surface area contributed by atoms with Gasteiger partial charge in [-0.2, -0.15) is 0 Å². The van der Waals surface area contributed by atoms with Crippen molar-refractivity contribution in [3.05, 3.63) is 32.5 Å². The summed E-state index contributed by atoms with van der Waals surface area (Å²) >= 11 is 6.33. The first-order valence-corrected chi connectivity index (χ1v) is 7.90. The Balaban J connectivity index is 2.97. The summed E-state index contributed by atoms with van der Waals surface area (Å²) in [4.78, 5) is 10.4. The highest BCUT2D eigenvalue weighted by Gasteiger charge is 2.26. The van der Waals surface area contributed by atoms with Crippen LogP contribution in [0.25, 0.3) is 0 Å². The number of nitro groups is 1. The van der Waals surface area contributed by atoms with Gasteiger partial charge in [0.15, 0.2) is 5.75 Å². The van der Waals surface area contributed by atoms with E-state index < -0.39 is 10.7 Å². The monoisotopic (exact) mass is 411 g/mol. The number of hydrogen-bond acceptors (Lipinski definition) is 3. The molecule has 0 saturated heterocycles. The van der Waals surface area contributed by atoms with Crippen LogP contribution in [0.5, 0.6) is 5.75 Å². The summed E-state index contributed by atoms with van der Waals surface area (Å²) in [6, 6.07) is 2.15. The van der Waals surface area contributed by atoms with Gasteiger partial charge in [-0.1, -0.05) is 36.7 Å². The van der Waals surface area contributed by atoms with Gasteiger partial charge in [-0.25, -0.2) is 4.39 Å². The largest absolute Gasteiger partial charge is 0.486 e. The second-order valence-corrected chi connectivity index (χ2v) is 7.02. The third-order valence-corrected chi connectivity index (χ3v) is 4.44. The molecule has 0 saturated carbocycles. The maximum absolute atomic E-state index is 13.5. The van der Waals surface area contributed by atoms with E-state index in [9.17, 15) is 14.5 Å². The molecular formula is C13H16Br2FNO3. The van der Waals surface area contributed by atoms with Gasteiger partial charge < -0.3 is 4.74 Å². The molecule has 0 aliphatic carbocycles. The standard InChI is InChI=1S/C13H16Br2FNO3/c1-13(2,3)8(6-14)7-20-12-5-10(16)9(15)4-11(12)17(18)19/h4-5,8H,6-7H2,1-3H3. The first-order chi connectivity index (χ1) is 9.16. The number of alkyl halides is 1. The minimum Gasteiger partial charge on any atom is -0.486 e. The van der Waals surface area contributed by atoms with Crippen molar-refractivity contribution >= 4 is 37.5 Å². The van der Waals surface area contributed by atoms with Crippen LogP contribution in [0, 0.1) is 27.3 Å². The highest BCUT2D eigenvalue weighted by atomic mass is 79.9. The molecule has 20 heavy (non-hydrogen) atoms. The van der Waals surface area contributed by atoms with Gasteiger partial charge in [-0.05, 0) is 21.3 Å². The normalized spacial score (nSPS) is 13.1. The van der Waals surface area contributed by atoms with E-state index in [1.807, 2.05) is 0 Å². The average molecular weight is 413 g/mol. The molecule has 0 fully saturated rings. The Hall–Kier alpha value is -0.690. The van der Waals surface area contributed by atoms with Crippen molar-refractivity contribution in [2.75, 3.05) is 11.9 Å². The Morgan fingerprint density at radius 1 is 1.45 bits per heavy atom. The highest BCUT2D eigenvalue weighted by Crippen LogP contribution is 2.34. The summed E-state index contributed by atoms with van der Waals surface area (Å²) in [5, 5.41) is 11.7. The van der Waals surface area contributed by atoms with E-state index in [4.69, 9.17) is 4.74 Å². The predicted molar refractivity (Wildman–Crippen MR) is 83.0 cm³/mol. The molecule has 0 aliphatic rings. The molecule has 0 aliphatic heterocycles. The molecule has 1 aromatic rings. The molecule has 7 heteroatoms. The smallest absolute Gasteiger partial charge is 0.312 e. The fourth-order valence-corrected chi connectivity index (χ4v) is 2.98. The Bertz CT molecular complexity index is 503. The zero-order valence-corrected chi connectivity index (χ0v) is 14.6. The summed E-state index contributed by atoms with van der Waals surface area (Å²) in [6.07, 6.45) is 0. The molecular weight excluding hydrogens is 397 g/mol. The number of nitrogens with zero attached hydrogens (tertiary/aromatic N) is 1. The van der Waals surface area contributed by atoms with Gasteiger partial charge in [0.05, 0.1) is 16.0 Å². The van der Waals surface area contributed by atoms with Crippen molar-refractivity contribution in [3.8, 4) is 5.75 Å².